The molecular formula is C14H24N4O. The standard InChI is InChI=1S/C14H24N4O/c1-10(2)14-16-12(15-3)9-13(17-14)19-8-7-18(4)11-5-6-11/h9-11H,5-8H2,1-4H3,(H,15,16,17). The molecule has 1 heterocycles. The number of nitrogens with zero attached hydrogens (tertiary/aromatic N) is 3. The Morgan fingerprint density at radius 1 is 1.42 bits per heavy atom. The van der Waals surface area contributed by atoms with Crippen LogP contribution in [0.5, 0.6) is 5.88 Å². The van der Waals surface area contributed by atoms with Gasteiger partial charge in [-0.25, -0.2) is 4.98 Å². The van der Waals surface area contributed by atoms with Gasteiger partial charge in [0.1, 0.15) is 18.2 Å². The van der Waals surface area contributed by atoms with E-state index in [0.717, 1.165) is 24.2 Å². The summed E-state index contributed by atoms with van der Waals surface area (Å²) in [7, 11) is 4.01. The second-order valence-corrected chi connectivity index (χ2v) is 5.41. The van der Waals surface area contributed by atoms with Crippen molar-refractivity contribution in [1.29, 1.82) is 0 Å². The van der Waals surface area contributed by atoms with Crippen LogP contribution in [0.1, 0.15) is 38.4 Å². The fraction of sp³-hybridized carbons (Fsp3) is 0.714. The Bertz CT molecular complexity index is 418. The van der Waals surface area contributed by atoms with Crippen LogP contribution in [-0.4, -0.2) is 48.2 Å². The topological polar surface area (TPSA) is 50.3 Å². The van der Waals surface area contributed by atoms with Crippen LogP contribution in [0.4, 0.5) is 5.82 Å². The Hall–Kier alpha value is -1.36. The van der Waals surface area contributed by atoms with E-state index >= 15 is 0 Å². The Morgan fingerprint density at radius 2 is 2.16 bits per heavy atom. The zero-order chi connectivity index (χ0) is 13.8. The van der Waals surface area contributed by atoms with Crippen molar-refractivity contribution < 1.29 is 4.74 Å². The summed E-state index contributed by atoms with van der Waals surface area (Å²) in [6.45, 7) is 5.78. The van der Waals surface area contributed by atoms with Crippen LogP contribution in [0.2, 0.25) is 0 Å². The predicted molar refractivity (Wildman–Crippen MR) is 76.8 cm³/mol. The molecule has 0 unspecified atom stereocenters. The first kappa shape index (κ1) is 14.1. The molecule has 5 nitrogen and oxygen atoms in total. The average molecular weight is 264 g/mol. The lowest BCUT2D eigenvalue weighted by Gasteiger charge is -2.16. The molecule has 19 heavy (non-hydrogen) atoms. The van der Waals surface area contributed by atoms with Gasteiger partial charge in [0.05, 0.1) is 0 Å². The summed E-state index contributed by atoms with van der Waals surface area (Å²) < 4.78 is 5.76. The molecule has 0 aliphatic heterocycles. The maximum absolute atomic E-state index is 5.76. The largest absolute Gasteiger partial charge is 0.476 e. The van der Waals surface area contributed by atoms with E-state index in [1.807, 2.05) is 13.1 Å². The van der Waals surface area contributed by atoms with Crippen molar-refractivity contribution in [3.05, 3.63) is 11.9 Å². The minimum absolute atomic E-state index is 0.296. The van der Waals surface area contributed by atoms with Crippen LogP contribution >= 0.6 is 0 Å². The fourth-order valence-electron chi connectivity index (χ4n) is 1.90. The van der Waals surface area contributed by atoms with E-state index < -0.39 is 0 Å². The Labute approximate surface area is 115 Å². The lowest BCUT2D eigenvalue weighted by molar-refractivity contribution is 0.226. The minimum Gasteiger partial charge on any atom is -0.476 e. The number of hydrogen-bond acceptors (Lipinski definition) is 5. The second kappa shape index (κ2) is 6.19. The molecule has 0 radical (unpaired) electrons. The monoisotopic (exact) mass is 264 g/mol. The number of likely N-dealkylation sites (N-methyl/N-ethyl adjacent to an activating group) is 1. The molecule has 0 atom stereocenters. The molecule has 1 aliphatic carbocycles. The molecule has 0 aromatic carbocycles. The van der Waals surface area contributed by atoms with Gasteiger partial charge in [0.15, 0.2) is 0 Å². The van der Waals surface area contributed by atoms with Gasteiger partial charge in [-0.05, 0) is 19.9 Å². The van der Waals surface area contributed by atoms with Gasteiger partial charge in [0, 0.05) is 31.6 Å². The van der Waals surface area contributed by atoms with E-state index in [2.05, 4.69) is 41.1 Å². The van der Waals surface area contributed by atoms with E-state index in [4.69, 9.17) is 4.74 Å². The summed E-state index contributed by atoms with van der Waals surface area (Å²) in [6, 6.07) is 2.62. The van der Waals surface area contributed by atoms with Crippen LogP contribution < -0.4 is 10.1 Å². The Kier molecular flexibility index (Phi) is 4.58. The van der Waals surface area contributed by atoms with E-state index in [9.17, 15) is 0 Å². The highest BCUT2D eigenvalue weighted by Crippen LogP contribution is 2.25. The summed E-state index contributed by atoms with van der Waals surface area (Å²) in [5.41, 5.74) is 0. The maximum Gasteiger partial charge on any atom is 0.218 e. The lowest BCUT2D eigenvalue weighted by atomic mass is 10.2. The van der Waals surface area contributed by atoms with Gasteiger partial charge < -0.3 is 15.0 Å². The Balaban J connectivity index is 1.92. The van der Waals surface area contributed by atoms with E-state index in [-0.39, 0.29) is 0 Å². The third-order valence-electron chi connectivity index (χ3n) is 3.36. The van der Waals surface area contributed by atoms with Crippen molar-refractivity contribution in [1.82, 2.24) is 14.9 Å². The highest BCUT2D eigenvalue weighted by molar-refractivity contribution is 5.38. The van der Waals surface area contributed by atoms with Crippen LogP contribution in [0.15, 0.2) is 6.07 Å². The Morgan fingerprint density at radius 3 is 2.74 bits per heavy atom. The van der Waals surface area contributed by atoms with Gasteiger partial charge in [-0.15, -0.1) is 0 Å². The van der Waals surface area contributed by atoms with Crippen LogP contribution in [0.25, 0.3) is 0 Å². The van der Waals surface area contributed by atoms with Gasteiger partial charge in [0.2, 0.25) is 5.88 Å². The predicted octanol–water partition coefficient (Wildman–Crippen LogP) is 2.11. The van der Waals surface area contributed by atoms with Crippen molar-refractivity contribution in [2.45, 2.75) is 38.6 Å². The highest BCUT2D eigenvalue weighted by Gasteiger charge is 2.25. The molecule has 106 valence electrons. The molecule has 1 aromatic rings. The van der Waals surface area contributed by atoms with E-state index in [1.54, 1.807) is 0 Å². The summed E-state index contributed by atoms with van der Waals surface area (Å²) in [4.78, 5) is 11.2. The molecular weight excluding hydrogens is 240 g/mol. The van der Waals surface area contributed by atoms with Crippen LogP contribution in [0.3, 0.4) is 0 Å². The zero-order valence-electron chi connectivity index (χ0n) is 12.3. The fourth-order valence-corrected chi connectivity index (χ4v) is 1.90. The third kappa shape index (κ3) is 4.06. The molecule has 2 rings (SSSR count). The van der Waals surface area contributed by atoms with Crippen molar-refractivity contribution in [3.8, 4) is 5.88 Å². The summed E-state index contributed by atoms with van der Waals surface area (Å²) in [5.74, 6) is 2.58. The number of hydrogen-bond donors (Lipinski definition) is 1. The van der Waals surface area contributed by atoms with Crippen LogP contribution in [-0.2, 0) is 0 Å². The molecule has 1 fully saturated rings. The van der Waals surface area contributed by atoms with Gasteiger partial charge >= 0.3 is 0 Å². The minimum atomic E-state index is 0.296. The molecule has 1 saturated carbocycles. The van der Waals surface area contributed by atoms with Gasteiger partial charge in [-0.3, -0.25) is 0 Å². The lowest BCUT2D eigenvalue weighted by Crippen LogP contribution is -2.26. The second-order valence-electron chi connectivity index (χ2n) is 5.41. The van der Waals surface area contributed by atoms with Gasteiger partial charge in [-0.2, -0.15) is 4.98 Å². The van der Waals surface area contributed by atoms with Gasteiger partial charge in [-0.1, -0.05) is 13.8 Å². The number of anilines is 1. The molecule has 0 amide bonds. The number of nitrogens with one attached hydrogen (secondary N) is 1. The molecule has 0 spiro atoms. The summed E-state index contributed by atoms with van der Waals surface area (Å²) in [6.07, 6.45) is 2.65. The van der Waals surface area contributed by atoms with Crippen molar-refractivity contribution in [2.75, 3.05) is 32.6 Å². The molecule has 1 aromatic heterocycles. The third-order valence-corrected chi connectivity index (χ3v) is 3.36. The quantitative estimate of drug-likeness (QED) is 0.817. The normalized spacial score (nSPS) is 15.1. The maximum atomic E-state index is 5.76. The zero-order valence-corrected chi connectivity index (χ0v) is 12.3. The molecule has 0 bridgehead atoms. The first-order valence-corrected chi connectivity index (χ1v) is 7.00. The number of ether oxygens (including phenoxy) is 1. The summed E-state index contributed by atoms with van der Waals surface area (Å²) >= 11 is 0. The van der Waals surface area contributed by atoms with E-state index in [1.165, 1.54) is 12.8 Å². The molecule has 0 saturated heterocycles. The number of aromatic nitrogens is 2. The average Bonchev–Trinajstić information content (AvgIpc) is 3.22. The highest BCUT2D eigenvalue weighted by atomic mass is 16.5. The smallest absolute Gasteiger partial charge is 0.218 e. The van der Waals surface area contributed by atoms with E-state index in [0.29, 0.717) is 18.4 Å². The number of rotatable bonds is 7. The van der Waals surface area contributed by atoms with Crippen molar-refractivity contribution in [3.63, 3.8) is 0 Å². The summed E-state index contributed by atoms with van der Waals surface area (Å²) in [5, 5.41) is 3.05. The van der Waals surface area contributed by atoms with Crippen molar-refractivity contribution in [2.24, 2.45) is 0 Å². The SMILES string of the molecule is CNc1cc(OCCN(C)C2CC2)nc(C(C)C)n1. The molecule has 5 heteroatoms. The van der Waals surface area contributed by atoms with Crippen molar-refractivity contribution >= 4 is 5.82 Å². The van der Waals surface area contributed by atoms with Gasteiger partial charge in [0.25, 0.3) is 0 Å². The first-order valence-electron chi connectivity index (χ1n) is 7.00. The van der Waals surface area contributed by atoms with Crippen LogP contribution in [0, 0.1) is 0 Å². The first-order chi connectivity index (χ1) is 9.10. The molecule has 1 N–H and O–H groups in total. The molecule has 1 aliphatic rings.